The molecular weight excluding hydrogens is 260 g/mol. The molecule has 21 heavy (non-hydrogen) atoms. The molecule has 0 spiro atoms. The highest BCUT2D eigenvalue weighted by Crippen LogP contribution is 2.37. The molecule has 0 bridgehead atoms. The van der Waals surface area contributed by atoms with Gasteiger partial charge in [-0.15, -0.1) is 0 Å². The fourth-order valence-electron chi connectivity index (χ4n) is 3.93. The zero-order chi connectivity index (χ0) is 15.0. The average Bonchev–Trinajstić information content (AvgIpc) is 2.89. The van der Waals surface area contributed by atoms with Crippen molar-refractivity contribution < 1.29 is 4.79 Å². The van der Waals surface area contributed by atoms with Crippen LogP contribution in [0.25, 0.3) is 0 Å². The van der Waals surface area contributed by atoms with Crippen LogP contribution in [0.3, 0.4) is 0 Å². The Kier molecular flexibility index (Phi) is 3.78. The minimum absolute atomic E-state index is 0.0434. The molecule has 2 aliphatic rings. The molecule has 1 heterocycles. The molecule has 2 atom stereocenters. The van der Waals surface area contributed by atoms with Crippen molar-refractivity contribution in [3.05, 3.63) is 35.4 Å². The van der Waals surface area contributed by atoms with Gasteiger partial charge in [0.1, 0.15) is 0 Å². The maximum Gasteiger partial charge on any atom is 0.240 e. The molecule has 1 aromatic carbocycles. The molecule has 0 radical (unpaired) electrons. The summed E-state index contributed by atoms with van der Waals surface area (Å²) in [5, 5.41) is 3.45. The summed E-state index contributed by atoms with van der Waals surface area (Å²) >= 11 is 0. The van der Waals surface area contributed by atoms with Gasteiger partial charge in [-0.25, -0.2) is 0 Å². The van der Waals surface area contributed by atoms with Crippen molar-refractivity contribution in [1.82, 2.24) is 10.2 Å². The van der Waals surface area contributed by atoms with Gasteiger partial charge in [-0.1, -0.05) is 38.1 Å². The summed E-state index contributed by atoms with van der Waals surface area (Å²) in [4.78, 5) is 15.0. The molecule has 1 aliphatic carbocycles. The lowest BCUT2D eigenvalue weighted by atomic mass is 9.77. The first-order chi connectivity index (χ1) is 10.0. The molecule has 3 nitrogen and oxygen atoms in total. The number of fused-ring (bicyclic) bond motifs is 1. The summed E-state index contributed by atoms with van der Waals surface area (Å²) in [5.74, 6) is 0.251. The number of likely N-dealkylation sites (N-methyl/N-ethyl adjacent to an activating group) is 1. The van der Waals surface area contributed by atoms with Gasteiger partial charge in [0.15, 0.2) is 0 Å². The van der Waals surface area contributed by atoms with Crippen LogP contribution in [0.4, 0.5) is 0 Å². The predicted octanol–water partition coefficient (Wildman–Crippen LogP) is 2.91. The normalized spacial score (nSPS) is 27.2. The predicted molar refractivity (Wildman–Crippen MR) is 85.1 cm³/mol. The van der Waals surface area contributed by atoms with Gasteiger partial charge in [-0.05, 0) is 48.8 Å². The van der Waals surface area contributed by atoms with Crippen molar-refractivity contribution in [2.45, 2.75) is 51.6 Å². The summed E-state index contributed by atoms with van der Waals surface area (Å²) in [7, 11) is 1.97. The molecule has 3 heteroatoms. The molecule has 2 unspecified atom stereocenters. The number of nitrogens with zero attached hydrogens (tertiary/aromatic N) is 1. The van der Waals surface area contributed by atoms with Gasteiger partial charge in [0.2, 0.25) is 5.91 Å². The molecule has 1 saturated heterocycles. The first-order valence-electron chi connectivity index (χ1n) is 8.08. The fraction of sp³-hybridized carbons (Fsp3) is 0.611. The second kappa shape index (κ2) is 5.45. The Morgan fingerprint density at radius 3 is 2.86 bits per heavy atom. The van der Waals surface area contributed by atoms with Crippen molar-refractivity contribution in [2.75, 3.05) is 13.6 Å². The Hall–Kier alpha value is -1.35. The van der Waals surface area contributed by atoms with Gasteiger partial charge in [-0.2, -0.15) is 0 Å². The van der Waals surface area contributed by atoms with E-state index in [1.165, 1.54) is 11.1 Å². The third kappa shape index (κ3) is 2.59. The number of aryl methyl sites for hydroxylation is 1. The van der Waals surface area contributed by atoms with E-state index in [9.17, 15) is 4.79 Å². The van der Waals surface area contributed by atoms with Crippen LogP contribution in [0.2, 0.25) is 0 Å². The first kappa shape index (κ1) is 14.6. The molecule has 1 aliphatic heterocycles. The largest absolute Gasteiger partial charge is 0.337 e. The number of carbonyl (C=O) groups excluding carboxylic acids is 1. The highest BCUT2D eigenvalue weighted by Gasteiger charge is 2.40. The first-order valence-corrected chi connectivity index (χ1v) is 8.08. The zero-order valence-corrected chi connectivity index (χ0v) is 13.4. The van der Waals surface area contributed by atoms with Crippen LogP contribution in [-0.4, -0.2) is 30.4 Å². The Morgan fingerprint density at radius 1 is 1.33 bits per heavy atom. The monoisotopic (exact) mass is 286 g/mol. The fourth-order valence-corrected chi connectivity index (χ4v) is 3.93. The van der Waals surface area contributed by atoms with E-state index < -0.39 is 0 Å². The smallest absolute Gasteiger partial charge is 0.240 e. The number of amides is 1. The topological polar surface area (TPSA) is 32.3 Å². The number of hydrogen-bond acceptors (Lipinski definition) is 2. The third-order valence-corrected chi connectivity index (χ3v) is 5.29. The molecule has 0 saturated carbocycles. The number of nitrogens with one attached hydrogen (secondary N) is 1. The summed E-state index contributed by atoms with van der Waals surface area (Å²) in [6, 6.07) is 8.73. The van der Waals surface area contributed by atoms with E-state index in [1.54, 1.807) is 0 Å². The summed E-state index contributed by atoms with van der Waals surface area (Å²) in [6.07, 6.45) is 4.41. The van der Waals surface area contributed by atoms with Crippen molar-refractivity contribution in [2.24, 2.45) is 5.41 Å². The van der Waals surface area contributed by atoms with Gasteiger partial charge in [0, 0.05) is 7.05 Å². The Labute approximate surface area is 127 Å². The highest BCUT2D eigenvalue weighted by atomic mass is 16.2. The maximum atomic E-state index is 13.0. The Bertz CT molecular complexity index is 538. The van der Waals surface area contributed by atoms with Gasteiger partial charge in [-0.3, -0.25) is 4.79 Å². The van der Waals surface area contributed by atoms with E-state index in [2.05, 4.69) is 43.4 Å². The molecule has 1 aromatic rings. The van der Waals surface area contributed by atoms with Crippen LogP contribution in [-0.2, 0) is 11.2 Å². The molecule has 1 fully saturated rings. The molecule has 1 amide bonds. The highest BCUT2D eigenvalue weighted by molar-refractivity contribution is 5.83. The van der Waals surface area contributed by atoms with E-state index >= 15 is 0 Å². The lowest BCUT2D eigenvalue weighted by Crippen LogP contribution is -2.56. The van der Waals surface area contributed by atoms with Crippen LogP contribution in [0.1, 0.15) is 50.3 Å². The van der Waals surface area contributed by atoms with E-state index in [1.807, 2.05) is 11.9 Å². The van der Waals surface area contributed by atoms with Crippen molar-refractivity contribution in [1.29, 1.82) is 0 Å². The summed E-state index contributed by atoms with van der Waals surface area (Å²) < 4.78 is 0. The second-order valence-electron chi connectivity index (χ2n) is 7.18. The number of hydrogen-bond donors (Lipinski definition) is 1. The number of carbonyl (C=O) groups is 1. The van der Waals surface area contributed by atoms with Crippen LogP contribution in [0, 0.1) is 5.41 Å². The van der Waals surface area contributed by atoms with E-state index in [0.29, 0.717) is 0 Å². The molecule has 3 rings (SSSR count). The van der Waals surface area contributed by atoms with Crippen LogP contribution in [0.5, 0.6) is 0 Å². The maximum absolute atomic E-state index is 13.0. The number of rotatable bonds is 2. The molecule has 114 valence electrons. The van der Waals surface area contributed by atoms with Gasteiger partial charge >= 0.3 is 0 Å². The standard InChI is InChI=1S/C18H26N2O/c1-18(2)11-6-12-19-16(18)17(21)20(3)15-10-9-13-7-4-5-8-14(13)15/h4-5,7-8,15-16,19H,6,9-12H2,1-3H3. The van der Waals surface area contributed by atoms with Crippen LogP contribution < -0.4 is 5.32 Å². The third-order valence-electron chi connectivity index (χ3n) is 5.29. The van der Waals surface area contributed by atoms with E-state index in [0.717, 1.165) is 32.2 Å². The lowest BCUT2D eigenvalue weighted by Gasteiger charge is -2.41. The zero-order valence-electron chi connectivity index (χ0n) is 13.4. The SMILES string of the molecule is CN(C(=O)C1NCCCC1(C)C)C1CCc2ccccc21. The number of benzene rings is 1. The van der Waals surface area contributed by atoms with Gasteiger partial charge in [0.25, 0.3) is 0 Å². The van der Waals surface area contributed by atoms with Gasteiger partial charge in [0.05, 0.1) is 12.1 Å². The number of piperidine rings is 1. The second-order valence-corrected chi connectivity index (χ2v) is 7.18. The van der Waals surface area contributed by atoms with Crippen molar-refractivity contribution >= 4 is 5.91 Å². The lowest BCUT2D eigenvalue weighted by molar-refractivity contribution is -0.138. The quantitative estimate of drug-likeness (QED) is 0.906. The van der Waals surface area contributed by atoms with Crippen LogP contribution >= 0.6 is 0 Å². The van der Waals surface area contributed by atoms with Gasteiger partial charge < -0.3 is 10.2 Å². The Balaban J connectivity index is 1.79. The summed E-state index contributed by atoms with van der Waals surface area (Å²) in [5.41, 5.74) is 2.78. The van der Waals surface area contributed by atoms with E-state index in [4.69, 9.17) is 0 Å². The molecule has 0 aromatic heterocycles. The molecule has 1 N–H and O–H groups in total. The minimum Gasteiger partial charge on any atom is -0.337 e. The van der Waals surface area contributed by atoms with Crippen LogP contribution in [0.15, 0.2) is 24.3 Å². The van der Waals surface area contributed by atoms with Crippen molar-refractivity contribution in [3.8, 4) is 0 Å². The Morgan fingerprint density at radius 2 is 2.10 bits per heavy atom. The molecular formula is C18H26N2O. The van der Waals surface area contributed by atoms with Crippen molar-refractivity contribution in [3.63, 3.8) is 0 Å². The summed E-state index contributed by atoms with van der Waals surface area (Å²) in [6.45, 7) is 5.37. The minimum atomic E-state index is -0.0518. The average molecular weight is 286 g/mol. The van der Waals surface area contributed by atoms with E-state index in [-0.39, 0.29) is 23.4 Å².